The van der Waals surface area contributed by atoms with E-state index in [0.717, 1.165) is 17.8 Å². The fraction of sp³-hybridized carbons (Fsp3) is 0.333. The zero-order valence-corrected chi connectivity index (χ0v) is 13.1. The molecule has 0 amide bonds. The van der Waals surface area contributed by atoms with Gasteiger partial charge < -0.3 is 9.84 Å². The Hall–Kier alpha value is -2.16. The Morgan fingerprint density at radius 1 is 1.10 bits per heavy atom. The number of hydrogen-bond donors (Lipinski definition) is 1. The summed E-state index contributed by atoms with van der Waals surface area (Å²) < 4.78 is 8.23. The SMILES string of the molecule is CCc1c(C(C)Nn2c(C)ccc2C)oc2ccccc12. The first kappa shape index (κ1) is 13.8. The van der Waals surface area contributed by atoms with Gasteiger partial charge in [0.1, 0.15) is 11.3 Å². The van der Waals surface area contributed by atoms with Crippen molar-refractivity contribution in [3.05, 3.63) is 59.1 Å². The van der Waals surface area contributed by atoms with Gasteiger partial charge in [-0.25, -0.2) is 0 Å². The van der Waals surface area contributed by atoms with Crippen molar-refractivity contribution in [2.45, 2.75) is 40.2 Å². The second-order valence-corrected chi connectivity index (χ2v) is 5.60. The highest BCUT2D eigenvalue weighted by Gasteiger charge is 2.18. The van der Waals surface area contributed by atoms with E-state index < -0.39 is 0 Å². The van der Waals surface area contributed by atoms with Crippen molar-refractivity contribution in [1.29, 1.82) is 0 Å². The highest BCUT2D eigenvalue weighted by Crippen LogP contribution is 2.31. The zero-order chi connectivity index (χ0) is 15.0. The fourth-order valence-corrected chi connectivity index (χ4v) is 2.96. The number of nitrogens with zero attached hydrogens (tertiary/aromatic N) is 1. The van der Waals surface area contributed by atoms with Crippen molar-refractivity contribution in [1.82, 2.24) is 4.68 Å². The molecule has 0 aliphatic heterocycles. The van der Waals surface area contributed by atoms with Crippen LogP contribution in [0.2, 0.25) is 0 Å². The predicted molar refractivity (Wildman–Crippen MR) is 87.3 cm³/mol. The molecule has 0 saturated heterocycles. The zero-order valence-electron chi connectivity index (χ0n) is 13.1. The van der Waals surface area contributed by atoms with Gasteiger partial charge in [0.05, 0.1) is 6.04 Å². The van der Waals surface area contributed by atoms with Crippen LogP contribution in [0.25, 0.3) is 11.0 Å². The van der Waals surface area contributed by atoms with Crippen molar-refractivity contribution >= 4 is 11.0 Å². The van der Waals surface area contributed by atoms with Gasteiger partial charge in [0.15, 0.2) is 0 Å². The third-order valence-corrected chi connectivity index (χ3v) is 4.07. The van der Waals surface area contributed by atoms with Crippen LogP contribution in [0.3, 0.4) is 0 Å². The number of fused-ring (bicyclic) bond motifs is 1. The summed E-state index contributed by atoms with van der Waals surface area (Å²) in [6, 6.07) is 12.6. The minimum absolute atomic E-state index is 0.122. The van der Waals surface area contributed by atoms with Crippen molar-refractivity contribution in [2.75, 3.05) is 5.43 Å². The molecular weight excluding hydrogens is 260 g/mol. The van der Waals surface area contributed by atoms with E-state index in [1.54, 1.807) is 0 Å². The van der Waals surface area contributed by atoms with Crippen LogP contribution in [0.4, 0.5) is 0 Å². The number of para-hydroxylation sites is 1. The minimum atomic E-state index is 0.122. The molecule has 1 unspecified atom stereocenters. The van der Waals surface area contributed by atoms with Gasteiger partial charge in [0.2, 0.25) is 0 Å². The van der Waals surface area contributed by atoms with Crippen molar-refractivity contribution in [2.24, 2.45) is 0 Å². The molecule has 0 aliphatic rings. The van der Waals surface area contributed by atoms with Gasteiger partial charge in [0.25, 0.3) is 0 Å². The van der Waals surface area contributed by atoms with E-state index in [-0.39, 0.29) is 6.04 Å². The first-order valence-corrected chi connectivity index (χ1v) is 7.53. The van der Waals surface area contributed by atoms with Crippen LogP contribution < -0.4 is 5.43 Å². The molecule has 110 valence electrons. The van der Waals surface area contributed by atoms with Crippen LogP contribution in [0.5, 0.6) is 0 Å². The van der Waals surface area contributed by atoms with Crippen molar-refractivity contribution < 1.29 is 4.42 Å². The lowest BCUT2D eigenvalue weighted by Gasteiger charge is -2.18. The number of benzene rings is 1. The minimum Gasteiger partial charge on any atom is -0.459 e. The second kappa shape index (κ2) is 5.32. The maximum absolute atomic E-state index is 6.10. The molecule has 1 aromatic carbocycles. The smallest absolute Gasteiger partial charge is 0.134 e. The summed E-state index contributed by atoms with van der Waals surface area (Å²) in [5.41, 5.74) is 8.21. The molecule has 0 fully saturated rings. The standard InChI is InChI=1S/C18H22N2O/c1-5-15-16-8-6-7-9-17(16)21-18(15)14(4)19-20-12(2)10-11-13(20)3/h6-11,14,19H,5H2,1-4H3. The molecule has 3 nitrogen and oxygen atoms in total. The van der Waals surface area contributed by atoms with E-state index >= 15 is 0 Å². The number of furan rings is 1. The first-order chi connectivity index (χ1) is 10.1. The Morgan fingerprint density at radius 2 is 1.76 bits per heavy atom. The maximum atomic E-state index is 6.10. The van der Waals surface area contributed by atoms with Crippen LogP contribution in [-0.2, 0) is 6.42 Å². The molecule has 3 heteroatoms. The third-order valence-electron chi connectivity index (χ3n) is 4.07. The number of nitrogens with one attached hydrogen (secondary N) is 1. The lowest BCUT2D eigenvalue weighted by Crippen LogP contribution is -2.21. The van der Waals surface area contributed by atoms with Crippen molar-refractivity contribution in [3.8, 4) is 0 Å². The molecule has 0 aliphatic carbocycles. The molecule has 21 heavy (non-hydrogen) atoms. The Kier molecular flexibility index (Phi) is 3.50. The second-order valence-electron chi connectivity index (χ2n) is 5.60. The highest BCUT2D eigenvalue weighted by molar-refractivity contribution is 5.82. The first-order valence-electron chi connectivity index (χ1n) is 7.53. The molecule has 0 bridgehead atoms. The highest BCUT2D eigenvalue weighted by atomic mass is 16.3. The summed E-state index contributed by atoms with van der Waals surface area (Å²) in [4.78, 5) is 0. The number of aromatic nitrogens is 1. The number of rotatable bonds is 4. The lowest BCUT2D eigenvalue weighted by molar-refractivity contribution is 0.500. The van der Waals surface area contributed by atoms with Crippen LogP contribution in [-0.4, -0.2) is 4.68 Å². The summed E-state index contributed by atoms with van der Waals surface area (Å²) >= 11 is 0. The van der Waals surface area contributed by atoms with Gasteiger partial charge >= 0.3 is 0 Å². The lowest BCUT2D eigenvalue weighted by atomic mass is 10.1. The summed E-state index contributed by atoms with van der Waals surface area (Å²) in [6.45, 7) is 8.54. The molecule has 0 radical (unpaired) electrons. The van der Waals surface area contributed by atoms with E-state index in [1.807, 2.05) is 12.1 Å². The van der Waals surface area contributed by atoms with Gasteiger partial charge in [-0.1, -0.05) is 25.1 Å². The van der Waals surface area contributed by atoms with Gasteiger partial charge in [-0.3, -0.25) is 4.68 Å². The quantitative estimate of drug-likeness (QED) is 0.750. The van der Waals surface area contributed by atoms with Crippen LogP contribution in [0, 0.1) is 13.8 Å². The number of aryl methyl sites for hydroxylation is 3. The molecule has 3 aromatic rings. The van der Waals surface area contributed by atoms with E-state index in [1.165, 1.54) is 22.3 Å². The molecule has 1 N–H and O–H groups in total. The van der Waals surface area contributed by atoms with E-state index in [9.17, 15) is 0 Å². The normalized spacial score (nSPS) is 12.8. The molecule has 0 spiro atoms. The van der Waals surface area contributed by atoms with Gasteiger partial charge in [0, 0.05) is 22.3 Å². The Balaban J connectivity index is 2.00. The molecular formula is C18H22N2O. The molecule has 1 atom stereocenters. The van der Waals surface area contributed by atoms with E-state index in [0.29, 0.717) is 0 Å². The topological polar surface area (TPSA) is 30.1 Å². The Bertz CT molecular complexity index is 747. The summed E-state index contributed by atoms with van der Waals surface area (Å²) in [5, 5.41) is 1.23. The fourth-order valence-electron chi connectivity index (χ4n) is 2.96. The van der Waals surface area contributed by atoms with Gasteiger partial charge in [-0.15, -0.1) is 0 Å². The van der Waals surface area contributed by atoms with Crippen molar-refractivity contribution in [3.63, 3.8) is 0 Å². The third kappa shape index (κ3) is 2.33. The molecule has 0 saturated carbocycles. The maximum Gasteiger partial charge on any atom is 0.134 e. The molecule has 2 aromatic heterocycles. The predicted octanol–water partition coefficient (Wildman–Crippen LogP) is 4.72. The van der Waals surface area contributed by atoms with Gasteiger partial charge in [-0.2, -0.15) is 0 Å². The van der Waals surface area contributed by atoms with E-state index in [2.05, 4.69) is 62.1 Å². The summed E-state index contributed by atoms with van der Waals surface area (Å²) in [7, 11) is 0. The number of hydrogen-bond acceptors (Lipinski definition) is 2. The monoisotopic (exact) mass is 282 g/mol. The van der Waals surface area contributed by atoms with Crippen LogP contribution in [0.15, 0.2) is 40.8 Å². The average molecular weight is 282 g/mol. The Morgan fingerprint density at radius 3 is 2.43 bits per heavy atom. The average Bonchev–Trinajstić information content (AvgIpc) is 3.01. The van der Waals surface area contributed by atoms with Gasteiger partial charge in [-0.05, 0) is 45.4 Å². The van der Waals surface area contributed by atoms with E-state index in [4.69, 9.17) is 4.42 Å². The molecule has 3 rings (SSSR count). The van der Waals surface area contributed by atoms with Crippen LogP contribution in [0.1, 0.15) is 42.6 Å². The molecule has 2 heterocycles. The Labute approximate surface area is 125 Å². The van der Waals surface area contributed by atoms with Crippen LogP contribution >= 0.6 is 0 Å². The summed E-state index contributed by atoms with van der Waals surface area (Å²) in [5.74, 6) is 1.03. The summed E-state index contributed by atoms with van der Waals surface area (Å²) in [6.07, 6.45) is 0.974. The largest absolute Gasteiger partial charge is 0.459 e.